The van der Waals surface area contributed by atoms with E-state index in [4.69, 9.17) is 4.74 Å². The largest absolute Gasteiger partial charge is 0.462 e. The van der Waals surface area contributed by atoms with Gasteiger partial charge in [0.05, 0.1) is 18.5 Å². The third kappa shape index (κ3) is 3.55. The second-order valence-electron chi connectivity index (χ2n) is 6.45. The molecule has 1 aliphatic rings. The van der Waals surface area contributed by atoms with Crippen LogP contribution in [0.1, 0.15) is 55.1 Å². The summed E-state index contributed by atoms with van der Waals surface area (Å²) >= 11 is 0. The van der Waals surface area contributed by atoms with Crippen LogP contribution >= 0.6 is 0 Å². The van der Waals surface area contributed by atoms with E-state index in [0.29, 0.717) is 23.9 Å². The minimum absolute atomic E-state index is 0.134. The van der Waals surface area contributed by atoms with Crippen molar-refractivity contribution in [2.75, 3.05) is 6.61 Å². The summed E-state index contributed by atoms with van der Waals surface area (Å²) in [5.74, 6) is 0.968. The number of carbonyl (C=O) groups excluding carboxylic acids is 1. The second kappa shape index (κ2) is 7.43. The van der Waals surface area contributed by atoms with Crippen LogP contribution in [-0.4, -0.2) is 27.3 Å². The van der Waals surface area contributed by atoms with E-state index in [2.05, 4.69) is 22.2 Å². The highest BCUT2D eigenvalue weighted by molar-refractivity contribution is 5.90. The molecule has 0 radical (unpaired) electrons. The first-order chi connectivity index (χ1) is 11.7. The fourth-order valence-corrected chi connectivity index (χ4v) is 3.01. The van der Waals surface area contributed by atoms with E-state index in [9.17, 15) is 4.79 Å². The van der Waals surface area contributed by atoms with Crippen LogP contribution in [-0.2, 0) is 4.74 Å². The Morgan fingerprint density at radius 2 is 2.25 bits per heavy atom. The zero-order valence-corrected chi connectivity index (χ0v) is 14.2. The van der Waals surface area contributed by atoms with Gasteiger partial charge in [0, 0.05) is 6.20 Å². The molecule has 0 spiro atoms. The van der Waals surface area contributed by atoms with Gasteiger partial charge < -0.3 is 4.74 Å². The molecule has 5 heteroatoms. The van der Waals surface area contributed by atoms with Crippen molar-refractivity contribution in [1.82, 2.24) is 14.8 Å². The number of aromatic nitrogens is 3. The molecule has 1 unspecified atom stereocenters. The van der Waals surface area contributed by atoms with E-state index in [0.717, 1.165) is 25.0 Å². The molecule has 5 nitrogen and oxygen atoms in total. The molecule has 0 amide bonds. The summed E-state index contributed by atoms with van der Waals surface area (Å²) in [7, 11) is 0. The van der Waals surface area contributed by atoms with Gasteiger partial charge in [-0.25, -0.2) is 14.5 Å². The highest BCUT2D eigenvalue weighted by Crippen LogP contribution is 2.24. The highest BCUT2D eigenvalue weighted by Gasteiger charge is 2.23. The van der Waals surface area contributed by atoms with Crippen LogP contribution in [0.25, 0.3) is 5.82 Å². The van der Waals surface area contributed by atoms with Crippen molar-refractivity contribution in [3.63, 3.8) is 0 Å². The molecule has 0 aromatic carbocycles. The van der Waals surface area contributed by atoms with Gasteiger partial charge in [0.15, 0.2) is 5.82 Å². The molecule has 2 aromatic heterocycles. The van der Waals surface area contributed by atoms with Crippen molar-refractivity contribution < 1.29 is 9.53 Å². The first kappa shape index (κ1) is 16.4. The minimum atomic E-state index is -0.296. The van der Waals surface area contributed by atoms with Crippen LogP contribution in [0.15, 0.2) is 42.7 Å². The van der Waals surface area contributed by atoms with Crippen molar-refractivity contribution >= 4 is 5.97 Å². The van der Waals surface area contributed by atoms with E-state index in [1.807, 2.05) is 32.0 Å². The average molecular weight is 325 g/mol. The van der Waals surface area contributed by atoms with Gasteiger partial charge in [-0.3, -0.25) is 0 Å². The average Bonchev–Trinajstić information content (AvgIpc) is 3.07. The van der Waals surface area contributed by atoms with Gasteiger partial charge in [-0.1, -0.05) is 32.1 Å². The Morgan fingerprint density at radius 3 is 2.92 bits per heavy atom. The number of hydrogen-bond donors (Lipinski definition) is 0. The lowest BCUT2D eigenvalue weighted by Gasteiger charge is -2.18. The zero-order chi connectivity index (χ0) is 16.9. The molecule has 0 saturated heterocycles. The number of pyridine rings is 1. The molecule has 0 saturated carbocycles. The Labute approximate surface area is 142 Å². The maximum absolute atomic E-state index is 12.5. The lowest BCUT2D eigenvalue weighted by molar-refractivity contribution is 0.0430. The maximum atomic E-state index is 12.5. The molecule has 0 N–H and O–H groups in total. The molecular formula is C19H23N3O2. The standard InChI is InChI=1S/C19H23N3O2/c1-14(2)18-16(12-21-22(18)17-10-6-7-11-20-17)19(23)24-13-15-8-4-3-5-9-15/h3-4,6-7,10-12,14-15H,5,8-9,13H2,1-2H3. The molecule has 1 atom stereocenters. The lowest BCUT2D eigenvalue weighted by Crippen LogP contribution is -2.17. The Balaban J connectivity index is 1.78. The first-order valence-corrected chi connectivity index (χ1v) is 8.48. The van der Waals surface area contributed by atoms with Gasteiger partial charge in [-0.2, -0.15) is 5.10 Å². The van der Waals surface area contributed by atoms with Crippen molar-refractivity contribution in [2.45, 2.75) is 39.0 Å². The number of carbonyl (C=O) groups is 1. The summed E-state index contributed by atoms with van der Waals surface area (Å²) in [6.07, 6.45) is 10.8. The second-order valence-corrected chi connectivity index (χ2v) is 6.45. The van der Waals surface area contributed by atoms with E-state index in [-0.39, 0.29) is 11.9 Å². The predicted molar refractivity (Wildman–Crippen MR) is 92.2 cm³/mol. The number of allylic oxidation sites excluding steroid dienone is 2. The molecular weight excluding hydrogens is 302 g/mol. The summed E-state index contributed by atoms with van der Waals surface area (Å²) in [5, 5.41) is 4.37. The van der Waals surface area contributed by atoms with E-state index in [1.54, 1.807) is 17.1 Å². The predicted octanol–water partition coefficient (Wildman–Crippen LogP) is 3.90. The molecule has 0 bridgehead atoms. The molecule has 24 heavy (non-hydrogen) atoms. The highest BCUT2D eigenvalue weighted by atomic mass is 16.5. The smallest absolute Gasteiger partial charge is 0.341 e. The van der Waals surface area contributed by atoms with Gasteiger partial charge in [-0.15, -0.1) is 0 Å². The van der Waals surface area contributed by atoms with Crippen LogP contribution in [0.2, 0.25) is 0 Å². The van der Waals surface area contributed by atoms with E-state index >= 15 is 0 Å². The number of rotatable bonds is 5. The van der Waals surface area contributed by atoms with Crippen LogP contribution in [0, 0.1) is 5.92 Å². The number of nitrogens with zero attached hydrogens (tertiary/aromatic N) is 3. The molecule has 1 aliphatic carbocycles. The molecule has 126 valence electrons. The Morgan fingerprint density at radius 1 is 1.38 bits per heavy atom. The fraction of sp³-hybridized carbons (Fsp3) is 0.421. The van der Waals surface area contributed by atoms with Gasteiger partial charge in [0.2, 0.25) is 0 Å². The van der Waals surface area contributed by atoms with Crippen LogP contribution in [0.5, 0.6) is 0 Å². The SMILES string of the molecule is CC(C)c1c(C(=O)OCC2CC=CCC2)cnn1-c1ccccn1. The van der Waals surface area contributed by atoms with Gasteiger partial charge in [0.25, 0.3) is 0 Å². The summed E-state index contributed by atoms with van der Waals surface area (Å²) in [6, 6.07) is 5.64. The topological polar surface area (TPSA) is 57.0 Å². The maximum Gasteiger partial charge on any atom is 0.341 e. The van der Waals surface area contributed by atoms with Crippen LogP contribution in [0.4, 0.5) is 0 Å². The Bertz CT molecular complexity index is 719. The molecule has 0 aliphatic heterocycles. The summed E-state index contributed by atoms with van der Waals surface area (Å²) in [5.41, 5.74) is 1.37. The quantitative estimate of drug-likeness (QED) is 0.618. The summed E-state index contributed by atoms with van der Waals surface area (Å²) in [4.78, 5) is 16.9. The minimum Gasteiger partial charge on any atom is -0.462 e. The van der Waals surface area contributed by atoms with Gasteiger partial charge >= 0.3 is 5.97 Å². The van der Waals surface area contributed by atoms with Crippen molar-refractivity contribution in [3.05, 3.63) is 54.0 Å². The third-order valence-electron chi connectivity index (χ3n) is 4.27. The number of ether oxygens (including phenoxy) is 1. The number of hydrogen-bond acceptors (Lipinski definition) is 4. The monoisotopic (exact) mass is 325 g/mol. The van der Waals surface area contributed by atoms with Crippen molar-refractivity contribution in [1.29, 1.82) is 0 Å². The number of esters is 1. The molecule has 3 rings (SSSR count). The normalized spacial score (nSPS) is 17.2. The lowest BCUT2D eigenvalue weighted by atomic mass is 9.95. The van der Waals surface area contributed by atoms with Crippen LogP contribution < -0.4 is 0 Å². The summed E-state index contributed by atoms with van der Waals surface area (Å²) < 4.78 is 7.29. The van der Waals surface area contributed by atoms with Crippen molar-refractivity contribution in [3.8, 4) is 5.82 Å². The first-order valence-electron chi connectivity index (χ1n) is 8.48. The van der Waals surface area contributed by atoms with E-state index < -0.39 is 0 Å². The molecule has 0 fully saturated rings. The molecule has 2 aromatic rings. The Kier molecular flexibility index (Phi) is 5.08. The van der Waals surface area contributed by atoms with Gasteiger partial charge in [0.1, 0.15) is 5.56 Å². The molecule has 2 heterocycles. The van der Waals surface area contributed by atoms with Crippen molar-refractivity contribution in [2.24, 2.45) is 5.92 Å². The Hall–Kier alpha value is -2.43. The fourth-order valence-electron chi connectivity index (χ4n) is 3.01. The van der Waals surface area contributed by atoms with Crippen LogP contribution in [0.3, 0.4) is 0 Å². The third-order valence-corrected chi connectivity index (χ3v) is 4.27. The van der Waals surface area contributed by atoms with E-state index in [1.165, 1.54) is 0 Å². The van der Waals surface area contributed by atoms with Gasteiger partial charge in [-0.05, 0) is 43.2 Å². The zero-order valence-electron chi connectivity index (χ0n) is 14.2. The summed E-state index contributed by atoms with van der Waals surface area (Å²) in [6.45, 7) is 4.55.